The van der Waals surface area contributed by atoms with Crippen LogP contribution in [0, 0.1) is 12.3 Å². The van der Waals surface area contributed by atoms with E-state index in [2.05, 4.69) is 42.0 Å². The molecule has 1 amide bonds. The van der Waals surface area contributed by atoms with Gasteiger partial charge in [-0.15, -0.1) is 0 Å². The van der Waals surface area contributed by atoms with E-state index in [9.17, 15) is 9.59 Å². The lowest BCUT2D eigenvalue weighted by atomic mass is 9.71. The highest BCUT2D eigenvalue weighted by atomic mass is 16.5. The molecule has 10 heteroatoms. The summed E-state index contributed by atoms with van der Waals surface area (Å²) >= 11 is 0. The lowest BCUT2D eigenvalue weighted by Crippen LogP contribution is -2.52. The van der Waals surface area contributed by atoms with Crippen LogP contribution in [0.2, 0.25) is 0 Å². The highest BCUT2D eigenvalue weighted by Crippen LogP contribution is 2.46. The molecule has 0 aliphatic carbocycles. The lowest BCUT2D eigenvalue weighted by Gasteiger charge is -2.45. The summed E-state index contributed by atoms with van der Waals surface area (Å²) in [6.45, 7) is 10.9. The molecule has 10 nitrogen and oxygen atoms in total. The maximum absolute atomic E-state index is 12.7. The van der Waals surface area contributed by atoms with Crippen molar-refractivity contribution < 1.29 is 19.0 Å². The van der Waals surface area contributed by atoms with Gasteiger partial charge in [-0.1, -0.05) is 39.0 Å². The average molecular weight is 610 g/mol. The summed E-state index contributed by atoms with van der Waals surface area (Å²) in [4.78, 5) is 34.5. The van der Waals surface area contributed by atoms with Gasteiger partial charge < -0.3 is 35.1 Å². The highest BCUT2D eigenvalue weighted by Gasteiger charge is 2.46. The number of aromatic amines is 1. The van der Waals surface area contributed by atoms with Crippen LogP contribution in [0.5, 0.6) is 11.5 Å². The number of hydrogen-bond donors (Lipinski definition) is 3. The van der Waals surface area contributed by atoms with Gasteiger partial charge in [-0.3, -0.25) is 9.78 Å². The molecule has 4 N–H and O–H groups in total. The van der Waals surface area contributed by atoms with Crippen molar-refractivity contribution >= 4 is 17.5 Å². The summed E-state index contributed by atoms with van der Waals surface area (Å²) in [5.41, 5.74) is 10.8. The van der Waals surface area contributed by atoms with Crippen LogP contribution in [-0.2, 0) is 21.4 Å². The van der Waals surface area contributed by atoms with Crippen molar-refractivity contribution in [2.45, 2.75) is 39.7 Å². The first-order valence-electron chi connectivity index (χ1n) is 15.2. The van der Waals surface area contributed by atoms with Crippen LogP contribution < -0.4 is 26.2 Å². The molecule has 1 fully saturated rings. The van der Waals surface area contributed by atoms with Gasteiger partial charge in [0, 0.05) is 53.8 Å². The fourth-order valence-corrected chi connectivity index (χ4v) is 6.11. The smallest absolute Gasteiger partial charge is 0.404 e. The van der Waals surface area contributed by atoms with Crippen molar-refractivity contribution in [1.82, 2.24) is 9.97 Å². The second-order valence-electron chi connectivity index (χ2n) is 12.7. The maximum atomic E-state index is 12.7. The molecule has 4 aromatic rings. The molecule has 45 heavy (non-hydrogen) atoms. The molecule has 2 aromatic carbocycles. The molecule has 0 bridgehead atoms. The summed E-state index contributed by atoms with van der Waals surface area (Å²) in [5.74, 6) is 1.46. The van der Waals surface area contributed by atoms with E-state index in [0.717, 1.165) is 64.0 Å². The number of aryl methyl sites for hydroxylation is 1. The third-order valence-corrected chi connectivity index (χ3v) is 8.64. The largest absolute Gasteiger partial charge is 0.456 e. The number of hydrogen-bond acceptors (Lipinski definition) is 8. The quantitative estimate of drug-likeness (QED) is 0.213. The Morgan fingerprint density at radius 1 is 1.04 bits per heavy atom. The van der Waals surface area contributed by atoms with Crippen LogP contribution in [-0.4, -0.2) is 49.0 Å². The molecule has 1 unspecified atom stereocenters. The van der Waals surface area contributed by atoms with Gasteiger partial charge >= 0.3 is 6.09 Å². The Hall–Kier alpha value is -4.83. The molecule has 2 aliphatic rings. The maximum Gasteiger partial charge on any atom is 0.404 e. The number of anilines is 2. The molecule has 6 rings (SSSR count). The first-order chi connectivity index (χ1) is 21.5. The number of pyridine rings is 2. The van der Waals surface area contributed by atoms with E-state index in [1.807, 2.05) is 61.5 Å². The minimum atomic E-state index is -0.889. The summed E-state index contributed by atoms with van der Waals surface area (Å²) in [7, 11) is 0. The van der Waals surface area contributed by atoms with Gasteiger partial charge in [0.05, 0.1) is 24.6 Å². The number of fused-ring (bicyclic) bond motifs is 2. The zero-order valence-electron chi connectivity index (χ0n) is 26.1. The van der Waals surface area contributed by atoms with Gasteiger partial charge in [-0.05, 0) is 60.4 Å². The number of carbonyl (C=O) groups excluding carboxylic acids is 1. The SMILES string of the molecule is Cc1cccc(C(COC(N)=O)(Nc2ccc3c(c2)Cc2cccc(-c4cc(N5CCOCC5)cc(=O)[nH]4)c2O3)C(C)(C)C)n1. The fourth-order valence-electron chi connectivity index (χ4n) is 6.11. The van der Waals surface area contributed by atoms with Crippen molar-refractivity contribution in [3.63, 3.8) is 0 Å². The van der Waals surface area contributed by atoms with Crippen LogP contribution in [0.3, 0.4) is 0 Å². The van der Waals surface area contributed by atoms with Crippen LogP contribution in [0.4, 0.5) is 16.2 Å². The summed E-state index contributed by atoms with van der Waals surface area (Å²) in [6.07, 6.45) is -0.217. The van der Waals surface area contributed by atoms with Crippen LogP contribution >= 0.6 is 0 Å². The van der Waals surface area contributed by atoms with E-state index in [-0.39, 0.29) is 12.2 Å². The number of benzene rings is 2. The molecule has 0 saturated carbocycles. The summed E-state index contributed by atoms with van der Waals surface area (Å²) in [5, 5.41) is 3.68. The number of aromatic nitrogens is 2. The van der Waals surface area contributed by atoms with Gasteiger partial charge in [-0.25, -0.2) is 4.79 Å². The Labute approximate surface area is 262 Å². The molecule has 2 aliphatic heterocycles. The number of amides is 1. The Morgan fingerprint density at radius 3 is 2.56 bits per heavy atom. The number of para-hydroxylation sites is 1. The molecule has 234 valence electrons. The van der Waals surface area contributed by atoms with Gasteiger partial charge in [0.1, 0.15) is 23.6 Å². The first kappa shape index (κ1) is 30.2. The minimum absolute atomic E-state index is 0.0101. The molecule has 0 spiro atoms. The minimum Gasteiger partial charge on any atom is -0.456 e. The van der Waals surface area contributed by atoms with E-state index in [1.54, 1.807) is 6.07 Å². The number of H-pyrrole nitrogens is 1. The standard InChI is InChI=1S/C35H39N5O5/c1-22-7-5-10-30(37-22)35(34(2,3)4,21-44-33(36)42)39-25-11-12-29-24(18-25)17-23-8-6-9-27(32(23)45-29)28-19-26(20-31(41)38-28)40-13-15-43-16-14-40/h5-12,18-20,39H,13-17,21H2,1-4H3,(H2,36,42)(H,38,41). The van der Waals surface area contributed by atoms with E-state index in [0.29, 0.717) is 25.3 Å². The zero-order valence-corrected chi connectivity index (χ0v) is 26.1. The highest BCUT2D eigenvalue weighted by molar-refractivity contribution is 5.74. The second kappa shape index (κ2) is 11.9. The van der Waals surface area contributed by atoms with Gasteiger partial charge in [0.15, 0.2) is 0 Å². The molecule has 1 atom stereocenters. The number of ether oxygens (including phenoxy) is 3. The van der Waals surface area contributed by atoms with Crippen molar-refractivity contribution in [3.05, 3.63) is 99.6 Å². The predicted octanol–water partition coefficient (Wildman–Crippen LogP) is 5.73. The van der Waals surface area contributed by atoms with Gasteiger partial charge in [0.2, 0.25) is 5.56 Å². The van der Waals surface area contributed by atoms with Crippen molar-refractivity contribution in [2.75, 3.05) is 43.1 Å². The van der Waals surface area contributed by atoms with Gasteiger partial charge in [-0.2, -0.15) is 0 Å². The number of nitrogens with two attached hydrogens (primary N) is 1. The van der Waals surface area contributed by atoms with E-state index in [1.165, 1.54) is 0 Å². The van der Waals surface area contributed by atoms with Crippen molar-refractivity contribution in [2.24, 2.45) is 11.1 Å². The molecule has 4 heterocycles. The normalized spacial score (nSPS) is 15.7. The molecular formula is C35H39N5O5. The lowest BCUT2D eigenvalue weighted by molar-refractivity contribution is 0.0808. The van der Waals surface area contributed by atoms with Crippen LogP contribution in [0.1, 0.15) is 43.3 Å². The Balaban J connectivity index is 1.34. The van der Waals surface area contributed by atoms with E-state index >= 15 is 0 Å². The fraction of sp³-hybridized carbons (Fsp3) is 0.343. The number of nitrogens with zero attached hydrogens (tertiary/aromatic N) is 2. The van der Waals surface area contributed by atoms with Crippen LogP contribution in [0.25, 0.3) is 11.3 Å². The van der Waals surface area contributed by atoms with E-state index in [4.69, 9.17) is 24.9 Å². The van der Waals surface area contributed by atoms with E-state index < -0.39 is 17.0 Å². The summed E-state index contributed by atoms with van der Waals surface area (Å²) < 4.78 is 17.5. The zero-order chi connectivity index (χ0) is 31.8. The Morgan fingerprint density at radius 2 is 1.82 bits per heavy atom. The third-order valence-electron chi connectivity index (χ3n) is 8.64. The second-order valence-corrected chi connectivity index (χ2v) is 12.7. The number of rotatable bonds is 7. The van der Waals surface area contributed by atoms with Crippen molar-refractivity contribution in [1.29, 1.82) is 0 Å². The predicted molar refractivity (Wildman–Crippen MR) is 174 cm³/mol. The number of morpholine rings is 1. The molecular weight excluding hydrogens is 570 g/mol. The Bertz CT molecular complexity index is 1790. The number of carbonyl (C=O) groups is 1. The first-order valence-corrected chi connectivity index (χ1v) is 15.2. The topological polar surface area (TPSA) is 132 Å². The average Bonchev–Trinajstić information content (AvgIpc) is 3.01. The van der Waals surface area contributed by atoms with Gasteiger partial charge in [0.25, 0.3) is 0 Å². The van der Waals surface area contributed by atoms with Crippen molar-refractivity contribution in [3.8, 4) is 22.8 Å². The number of nitrogens with one attached hydrogen (secondary N) is 2. The molecule has 1 saturated heterocycles. The monoisotopic (exact) mass is 609 g/mol. The molecule has 2 aromatic heterocycles. The van der Waals surface area contributed by atoms with Crippen LogP contribution in [0.15, 0.2) is 71.5 Å². The Kier molecular flexibility index (Phi) is 8.01. The summed E-state index contributed by atoms with van der Waals surface area (Å²) in [6, 6.07) is 21.4. The third kappa shape index (κ3) is 6.10. The molecule has 0 radical (unpaired) electrons. The number of primary amides is 1.